The molecule has 0 saturated carbocycles. The second kappa shape index (κ2) is 11.7. The quantitative estimate of drug-likeness (QED) is 0.468. The summed E-state index contributed by atoms with van der Waals surface area (Å²) in [5.74, 6) is -1.04. The lowest BCUT2D eigenvalue weighted by Crippen LogP contribution is -2.44. The molecular formula is C31H36ClN3O5. The van der Waals surface area contributed by atoms with Crippen molar-refractivity contribution in [3.8, 4) is 0 Å². The minimum absolute atomic E-state index is 0.0490. The van der Waals surface area contributed by atoms with E-state index in [9.17, 15) is 24.6 Å². The normalized spacial score (nSPS) is 23.8. The Balaban J connectivity index is 1.33. The predicted octanol–water partition coefficient (Wildman–Crippen LogP) is 4.16. The number of nitrogens with zero attached hydrogens (tertiary/aromatic N) is 3. The Morgan fingerprint density at radius 2 is 1.90 bits per heavy atom. The lowest BCUT2D eigenvalue weighted by Gasteiger charge is -2.28. The first-order valence-electron chi connectivity index (χ1n) is 14.0. The molecule has 40 heavy (non-hydrogen) atoms. The zero-order chi connectivity index (χ0) is 28.4. The standard InChI is InChI=1S/C31H36ClN3O5/c1-21(6-4-9-29(38)34-17-5-7-25(34)20-36)31(40)26-18-23(32)12-15-27(26)35(30(31)39)19-22-10-13-24(14-11-22)33-16-3-2-8-28(33)37/h4,6,10-15,18,21,25,36,40H,2-3,5,7-9,16-17,19-20H2,1H3/b6-4+/t21-,25-,31+/m0/s1. The van der Waals surface area contributed by atoms with Crippen molar-refractivity contribution in [1.29, 1.82) is 0 Å². The molecule has 3 aliphatic heterocycles. The highest BCUT2D eigenvalue weighted by Gasteiger charge is 2.52. The van der Waals surface area contributed by atoms with E-state index in [0.717, 1.165) is 36.9 Å². The number of rotatable bonds is 8. The van der Waals surface area contributed by atoms with Crippen LogP contribution in [0.25, 0.3) is 0 Å². The number of likely N-dealkylation sites (tertiary alicyclic amines) is 1. The van der Waals surface area contributed by atoms with Crippen LogP contribution in [0.5, 0.6) is 0 Å². The summed E-state index contributed by atoms with van der Waals surface area (Å²) in [5.41, 5.74) is 0.888. The summed E-state index contributed by atoms with van der Waals surface area (Å²) in [6.45, 7) is 3.29. The summed E-state index contributed by atoms with van der Waals surface area (Å²) in [6, 6.07) is 12.5. The van der Waals surface area contributed by atoms with Crippen LogP contribution in [0.3, 0.4) is 0 Å². The third kappa shape index (κ3) is 5.28. The Morgan fingerprint density at radius 3 is 2.62 bits per heavy atom. The summed E-state index contributed by atoms with van der Waals surface area (Å²) in [4.78, 5) is 43.9. The van der Waals surface area contributed by atoms with Crippen molar-refractivity contribution in [3.63, 3.8) is 0 Å². The molecule has 0 aromatic heterocycles. The maximum absolute atomic E-state index is 13.8. The average Bonchev–Trinajstić information content (AvgIpc) is 3.52. The molecule has 5 rings (SSSR count). The number of benzene rings is 2. The number of amides is 3. The predicted molar refractivity (Wildman–Crippen MR) is 154 cm³/mol. The molecular weight excluding hydrogens is 530 g/mol. The van der Waals surface area contributed by atoms with Gasteiger partial charge >= 0.3 is 0 Å². The number of halogens is 1. The zero-order valence-corrected chi connectivity index (χ0v) is 23.5. The smallest absolute Gasteiger partial charge is 0.264 e. The molecule has 2 aromatic carbocycles. The monoisotopic (exact) mass is 565 g/mol. The van der Waals surface area contributed by atoms with Crippen LogP contribution in [0.15, 0.2) is 54.6 Å². The lowest BCUT2D eigenvalue weighted by molar-refractivity contribution is -0.139. The van der Waals surface area contributed by atoms with E-state index in [-0.39, 0.29) is 37.4 Å². The fourth-order valence-corrected chi connectivity index (χ4v) is 6.27. The van der Waals surface area contributed by atoms with E-state index >= 15 is 0 Å². The minimum Gasteiger partial charge on any atom is -0.394 e. The molecule has 2 N–H and O–H groups in total. The summed E-state index contributed by atoms with van der Waals surface area (Å²) < 4.78 is 0. The minimum atomic E-state index is -1.85. The van der Waals surface area contributed by atoms with E-state index in [2.05, 4.69) is 0 Å². The molecule has 0 aliphatic carbocycles. The molecule has 2 saturated heterocycles. The van der Waals surface area contributed by atoms with Gasteiger partial charge in [0.15, 0.2) is 5.60 Å². The fraction of sp³-hybridized carbons (Fsp3) is 0.452. The Kier molecular flexibility index (Phi) is 8.31. The van der Waals surface area contributed by atoms with Crippen molar-refractivity contribution in [2.75, 3.05) is 29.5 Å². The Bertz CT molecular complexity index is 1310. The summed E-state index contributed by atoms with van der Waals surface area (Å²) >= 11 is 6.30. The molecule has 0 spiro atoms. The molecule has 212 valence electrons. The second-order valence-corrected chi connectivity index (χ2v) is 11.4. The molecule has 3 aliphatic rings. The molecule has 3 amide bonds. The maximum Gasteiger partial charge on any atom is 0.264 e. The number of carbonyl (C=O) groups is 3. The van der Waals surface area contributed by atoms with E-state index in [1.807, 2.05) is 24.3 Å². The van der Waals surface area contributed by atoms with Crippen molar-refractivity contribution in [2.45, 2.75) is 63.6 Å². The van der Waals surface area contributed by atoms with Crippen LogP contribution in [0.2, 0.25) is 5.02 Å². The molecule has 0 radical (unpaired) electrons. The highest BCUT2D eigenvalue weighted by Crippen LogP contribution is 2.46. The second-order valence-electron chi connectivity index (χ2n) is 11.0. The topological polar surface area (TPSA) is 101 Å². The Labute approximate surface area is 239 Å². The summed E-state index contributed by atoms with van der Waals surface area (Å²) in [5, 5.41) is 21.8. The lowest BCUT2D eigenvalue weighted by atomic mass is 9.83. The van der Waals surface area contributed by atoms with Crippen molar-refractivity contribution in [2.24, 2.45) is 5.92 Å². The SMILES string of the molecule is C[C@@H](/C=C/CC(=O)N1CCC[C@H]1CO)[C@]1(O)C(=O)N(Cc2ccc(N3CCCCC3=O)cc2)c2ccc(Cl)cc21. The van der Waals surface area contributed by atoms with Gasteiger partial charge in [0.1, 0.15) is 0 Å². The van der Waals surface area contributed by atoms with Crippen LogP contribution >= 0.6 is 11.6 Å². The van der Waals surface area contributed by atoms with Gasteiger partial charge in [0, 0.05) is 48.1 Å². The van der Waals surface area contributed by atoms with Crippen molar-refractivity contribution in [1.82, 2.24) is 4.90 Å². The number of aliphatic hydroxyl groups excluding tert-OH is 1. The van der Waals surface area contributed by atoms with Gasteiger partial charge in [-0.25, -0.2) is 0 Å². The van der Waals surface area contributed by atoms with Gasteiger partial charge < -0.3 is 24.9 Å². The van der Waals surface area contributed by atoms with E-state index in [0.29, 0.717) is 35.8 Å². The zero-order valence-electron chi connectivity index (χ0n) is 22.8. The number of aliphatic hydroxyl groups is 2. The van der Waals surface area contributed by atoms with E-state index in [1.54, 1.807) is 52.0 Å². The van der Waals surface area contributed by atoms with Crippen LogP contribution in [0, 0.1) is 5.92 Å². The molecule has 2 aromatic rings. The van der Waals surface area contributed by atoms with Gasteiger partial charge in [-0.2, -0.15) is 0 Å². The number of hydrogen-bond acceptors (Lipinski definition) is 5. The van der Waals surface area contributed by atoms with Crippen LogP contribution < -0.4 is 9.80 Å². The van der Waals surface area contributed by atoms with E-state index in [4.69, 9.17) is 11.6 Å². The van der Waals surface area contributed by atoms with Gasteiger partial charge in [-0.15, -0.1) is 0 Å². The highest BCUT2D eigenvalue weighted by atomic mass is 35.5. The Hall–Kier alpha value is -3.20. The summed E-state index contributed by atoms with van der Waals surface area (Å²) in [6.07, 6.45) is 7.66. The van der Waals surface area contributed by atoms with Crippen molar-refractivity contribution >= 4 is 40.7 Å². The fourth-order valence-electron chi connectivity index (χ4n) is 6.10. The molecule has 3 heterocycles. The highest BCUT2D eigenvalue weighted by molar-refractivity contribution is 6.31. The van der Waals surface area contributed by atoms with Gasteiger partial charge in [-0.1, -0.05) is 42.8 Å². The number of anilines is 2. The van der Waals surface area contributed by atoms with Gasteiger partial charge in [0.05, 0.1) is 24.9 Å². The Morgan fingerprint density at radius 1 is 1.12 bits per heavy atom. The molecule has 3 atom stereocenters. The van der Waals surface area contributed by atoms with Crippen LogP contribution in [0.1, 0.15) is 56.6 Å². The van der Waals surface area contributed by atoms with Gasteiger partial charge in [0.25, 0.3) is 5.91 Å². The van der Waals surface area contributed by atoms with Gasteiger partial charge in [-0.05, 0) is 61.6 Å². The van der Waals surface area contributed by atoms with Crippen molar-refractivity contribution < 1.29 is 24.6 Å². The molecule has 2 fully saturated rings. The number of carbonyl (C=O) groups excluding carboxylic acids is 3. The first-order valence-corrected chi connectivity index (χ1v) is 14.4. The first kappa shape index (κ1) is 28.3. The van der Waals surface area contributed by atoms with Gasteiger partial charge in [0.2, 0.25) is 11.8 Å². The van der Waals surface area contributed by atoms with Crippen LogP contribution in [0.4, 0.5) is 11.4 Å². The third-order valence-corrected chi connectivity index (χ3v) is 8.66. The number of piperidine rings is 1. The van der Waals surface area contributed by atoms with Crippen LogP contribution in [-0.2, 0) is 26.5 Å². The van der Waals surface area contributed by atoms with Gasteiger partial charge in [-0.3, -0.25) is 14.4 Å². The molecule has 0 bridgehead atoms. The molecule has 9 heteroatoms. The maximum atomic E-state index is 13.8. The number of fused-ring (bicyclic) bond motifs is 1. The first-order chi connectivity index (χ1) is 19.2. The molecule has 0 unspecified atom stereocenters. The van der Waals surface area contributed by atoms with Crippen LogP contribution in [-0.4, -0.2) is 58.6 Å². The third-order valence-electron chi connectivity index (χ3n) is 8.43. The number of hydrogen-bond donors (Lipinski definition) is 2. The van der Waals surface area contributed by atoms with E-state index < -0.39 is 17.4 Å². The summed E-state index contributed by atoms with van der Waals surface area (Å²) in [7, 11) is 0. The molecule has 8 nitrogen and oxygen atoms in total. The largest absolute Gasteiger partial charge is 0.394 e. The van der Waals surface area contributed by atoms with Crippen molar-refractivity contribution in [3.05, 3.63) is 70.8 Å². The van der Waals surface area contributed by atoms with E-state index in [1.165, 1.54) is 0 Å². The average molecular weight is 566 g/mol.